The molecule has 166 valence electrons. The highest BCUT2D eigenvalue weighted by Crippen LogP contribution is 2.29. The second-order valence-electron chi connectivity index (χ2n) is 7.14. The number of aromatic nitrogens is 3. The molecule has 0 saturated heterocycles. The number of hydrogen-bond donors (Lipinski definition) is 3. The van der Waals surface area contributed by atoms with Crippen LogP contribution in [-0.2, 0) is 6.42 Å². The molecule has 0 aliphatic carbocycles. The standard InChI is InChI=1S/C24H19Cl2N5O2/c25-20-7-5-16(12-19(20)22-3-1-2-9-28-22)31-24(33)18-6-4-15(11-21(18)26)23(32)29-10-8-17-13-27-14-30-17/h1-7,9,11-14H,8,10H2,(H,27,30)(H,29,32)(H,31,33). The van der Waals surface area contributed by atoms with Crippen molar-refractivity contribution >= 4 is 40.7 Å². The molecular weight excluding hydrogens is 461 g/mol. The van der Waals surface area contributed by atoms with Crippen molar-refractivity contribution in [1.29, 1.82) is 0 Å². The van der Waals surface area contributed by atoms with Gasteiger partial charge in [0.05, 0.1) is 27.6 Å². The number of imidazole rings is 1. The van der Waals surface area contributed by atoms with Crippen LogP contribution in [0.5, 0.6) is 0 Å². The van der Waals surface area contributed by atoms with Gasteiger partial charge in [0, 0.05) is 47.9 Å². The minimum absolute atomic E-state index is 0.174. The van der Waals surface area contributed by atoms with Crippen LogP contribution >= 0.6 is 23.2 Å². The number of rotatable bonds is 7. The normalized spacial score (nSPS) is 10.6. The number of nitrogens with zero attached hydrogens (tertiary/aromatic N) is 2. The fourth-order valence-corrected chi connectivity index (χ4v) is 3.68. The Bertz CT molecular complexity index is 1280. The number of anilines is 1. The summed E-state index contributed by atoms with van der Waals surface area (Å²) in [4.78, 5) is 36.4. The van der Waals surface area contributed by atoms with Gasteiger partial charge in [-0.1, -0.05) is 29.3 Å². The maximum atomic E-state index is 12.8. The molecule has 3 N–H and O–H groups in total. The molecule has 2 heterocycles. The fraction of sp³-hybridized carbons (Fsp3) is 0.0833. The summed E-state index contributed by atoms with van der Waals surface area (Å²) in [6, 6.07) is 15.2. The van der Waals surface area contributed by atoms with Crippen LogP contribution in [-0.4, -0.2) is 33.3 Å². The lowest BCUT2D eigenvalue weighted by atomic mass is 10.1. The van der Waals surface area contributed by atoms with Crippen LogP contribution in [0.25, 0.3) is 11.3 Å². The van der Waals surface area contributed by atoms with Gasteiger partial charge in [0.2, 0.25) is 0 Å². The Balaban J connectivity index is 1.43. The molecule has 0 unspecified atom stereocenters. The van der Waals surface area contributed by atoms with Crippen LogP contribution < -0.4 is 10.6 Å². The number of halogens is 2. The number of amides is 2. The topological polar surface area (TPSA) is 99.8 Å². The van der Waals surface area contributed by atoms with Crippen molar-refractivity contribution in [3.8, 4) is 11.3 Å². The van der Waals surface area contributed by atoms with Crippen molar-refractivity contribution in [3.63, 3.8) is 0 Å². The summed E-state index contributed by atoms with van der Waals surface area (Å²) in [5.74, 6) is -0.679. The van der Waals surface area contributed by atoms with E-state index in [1.807, 2.05) is 18.2 Å². The average Bonchev–Trinajstić information content (AvgIpc) is 3.34. The summed E-state index contributed by atoms with van der Waals surface area (Å²) < 4.78 is 0. The first-order valence-corrected chi connectivity index (χ1v) is 10.8. The molecule has 2 aromatic heterocycles. The van der Waals surface area contributed by atoms with E-state index < -0.39 is 5.91 Å². The minimum atomic E-state index is -0.402. The molecule has 9 heteroatoms. The molecule has 0 aliphatic heterocycles. The molecule has 0 atom stereocenters. The van der Waals surface area contributed by atoms with Crippen molar-refractivity contribution in [2.75, 3.05) is 11.9 Å². The molecule has 4 aromatic rings. The molecule has 33 heavy (non-hydrogen) atoms. The minimum Gasteiger partial charge on any atom is -0.352 e. The molecule has 4 rings (SSSR count). The van der Waals surface area contributed by atoms with E-state index >= 15 is 0 Å². The van der Waals surface area contributed by atoms with Gasteiger partial charge < -0.3 is 15.6 Å². The SMILES string of the molecule is O=C(NCCc1cnc[nH]1)c1ccc(C(=O)Nc2ccc(Cl)c(-c3ccccn3)c2)c(Cl)c1. The molecular formula is C24H19Cl2N5O2. The highest BCUT2D eigenvalue weighted by Gasteiger charge is 2.15. The third kappa shape index (κ3) is 5.58. The van der Waals surface area contributed by atoms with Crippen LogP contribution in [0.4, 0.5) is 5.69 Å². The quantitative estimate of drug-likeness (QED) is 0.347. The second kappa shape index (κ2) is 10.3. The Morgan fingerprint density at radius 2 is 1.85 bits per heavy atom. The zero-order chi connectivity index (χ0) is 23.2. The molecule has 0 saturated carbocycles. The summed E-state index contributed by atoms with van der Waals surface area (Å²) in [6.07, 6.45) is 5.59. The number of nitrogens with one attached hydrogen (secondary N) is 3. The van der Waals surface area contributed by atoms with Crippen LogP contribution in [0.1, 0.15) is 26.4 Å². The summed E-state index contributed by atoms with van der Waals surface area (Å²) in [5.41, 5.74) is 3.48. The van der Waals surface area contributed by atoms with Gasteiger partial charge in [-0.2, -0.15) is 0 Å². The first kappa shape index (κ1) is 22.5. The van der Waals surface area contributed by atoms with Crippen LogP contribution in [0.2, 0.25) is 10.0 Å². The summed E-state index contributed by atoms with van der Waals surface area (Å²) >= 11 is 12.6. The Labute approximate surface area is 200 Å². The number of benzene rings is 2. The van der Waals surface area contributed by atoms with Crippen LogP contribution in [0, 0.1) is 0 Å². The second-order valence-corrected chi connectivity index (χ2v) is 7.96. The maximum Gasteiger partial charge on any atom is 0.257 e. The first-order chi connectivity index (χ1) is 16.0. The van der Waals surface area contributed by atoms with Crippen molar-refractivity contribution in [3.05, 3.63) is 100 Å². The van der Waals surface area contributed by atoms with E-state index in [0.717, 1.165) is 5.69 Å². The molecule has 0 fully saturated rings. The lowest BCUT2D eigenvalue weighted by Crippen LogP contribution is -2.26. The zero-order valence-corrected chi connectivity index (χ0v) is 18.8. The van der Waals surface area contributed by atoms with Gasteiger partial charge in [-0.05, 0) is 48.5 Å². The van der Waals surface area contributed by atoms with E-state index in [9.17, 15) is 9.59 Å². The van der Waals surface area contributed by atoms with Gasteiger partial charge in [-0.3, -0.25) is 14.6 Å². The third-order valence-corrected chi connectivity index (χ3v) is 5.52. The van der Waals surface area contributed by atoms with Crippen molar-refractivity contribution < 1.29 is 9.59 Å². The van der Waals surface area contributed by atoms with E-state index in [4.69, 9.17) is 23.2 Å². The molecule has 2 amide bonds. The highest BCUT2D eigenvalue weighted by atomic mass is 35.5. The van der Waals surface area contributed by atoms with Gasteiger partial charge in [0.15, 0.2) is 0 Å². The number of aromatic amines is 1. The molecule has 2 aromatic carbocycles. The van der Waals surface area contributed by atoms with Crippen molar-refractivity contribution in [1.82, 2.24) is 20.3 Å². The number of H-pyrrole nitrogens is 1. The zero-order valence-electron chi connectivity index (χ0n) is 17.3. The monoisotopic (exact) mass is 479 g/mol. The number of carbonyl (C=O) groups excluding carboxylic acids is 2. The van der Waals surface area contributed by atoms with E-state index in [0.29, 0.717) is 40.5 Å². The van der Waals surface area contributed by atoms with Crippen LogP contribution in [0.3, 0.4) is 0 Å². The van der Waals surface area contributed by atoms with Crippen molar-refractivity contribution in [2.45, 2.75) is 6.42 Å². The maximum absolute atomic E-state index is 12.8. The highest BCUT2D eigenvalue weighted by molar-refractivity contribution is 6.35. The van der Waals surface area contributed by atoms with E-state index in [1.54, 1.807) is 43.0 Å². The lowest BCUT2D eigenvalue weighted by molar-refractivity contribution is 0.0952. The summed E-state index contributed by atoms with van der Waals surface area (Å²) in [6.45, 7) is 0.441. The lowest BCUT2D eigenvalue weighted by Gasteiger charge is -2.11. The average molecular weight is 480 g/mol. The van der Waals surface area contributed by atoms with E-state index in [1.165, 1.54) is 12.1 Å². The van der Waals surface area contributed by atoms with Gasteiger partial charge in [0.25, 0.3) is 11.8 Å². The Hall–Kier alpha value is -3.68. The fourth-order valence-electron chi connectivity index (χ4n) is 3.19. The molecule has 0 aliphatic rings. The van der Waals surface area contributed by atoms with Gasteiger partial charge in [-0.25, -0.2) is 4.98 Å². The first-order valence-electron chi connectivity index (χ1n) is 10.1. The van der Waals surface area contributed by atoms with E-state index in [2.05, 4.69) is 25.6 Å². The predicted molar refractivity (Wildman–Crippen MR) is 129 cm³/mol. The Kier molecular flexibility index (Phi) is 7.02. The van der Waals surface area contributed by atoms with E-state index in [-0.39, 0.29) is 16.5 Å². The molecule has 0 radical (unpaired) electrons. The largest absolute Gasteiger partial charge is 0.352 e. The summed E-state index contributed by atoms with van der Waals surface area (Å²) in [7, 11) is 0. The molecule has 7 nitrogen and oxygen atoms in total. The van der Waals surface area contributed by atoms with Gasteiger partial charge >= 0.3 is 0 Å². The van der Waals surface area contributed by atoms with Crippen LogP contribution in [0.15, 0.2) is 73.3 Å². The smallest absolute Gasteiger partial charge is 0.257 e. The van der Waals surface area contributed by atoms with Gasteiger partial charge in [-0.15, -0.1) is 0 Å². The molecule has 0 spiro atoms. The third-order valence-electron chi connectivity index (χ3n) is 4.88. The Morgan fingerprint density at radius 3 is 2.58 bits per heavy atom. The Morgan fingerprint density at radius 1 is 0.970 bits per heavy atom. The number of hydrogen-bond acceptors (Lipinski definition) is 4. The number of pyridine rings is 1. The van der Waals surface area contributed by atoms with Crippen molar-refractivity contribution in [2.24, 2.45) is 0 Å². The summed E-state index contributed by atoms with van der Waals surface area (Å²) in [5, 5.41) is 6.33. The molecule has 0 bridgehead atoms. The van der Waals surface area contributed by atoms with Gasteiger partial charge in [0.1, 0.15) is 0 Å². The number of carbonyl (C=O) groups is 2. The predicted octanol–water partition coefficient (Wildman–Crippen LogP) is 5.00.